The van der Waals surface area contributed by atoms with Crippen molar-refractivity contribution in [1.29, 1.82) is 0 Å². The number of amides is 5. The smallest absolute Gasteiger partial charge is 0.262 e. The minimum Gasteiger partial charge on any atom is -0.336 e. The first-order valence-corrected chi connectivity index (χ1v) is 14.4. The quantitative estimate of drug-likeness (QED) is 0.479. The maximum atomic E-state index is 13.8. The van der Waals surface area contributed by atoms with E-state index in [2.05, 4.69) is 58.7 Å². The average molecular weight is 563 g/mol. The fraction of sp³-hybridized carbons (Fsp3) is 0.303. The zero-order valence-corrected chi connectivity index (χ0v) is 22.9. The van der Waals surface area contributed by atoms with Gasteiger partial charge in [-0.15, -0.1) is 0 Å². The Morgan fingerprint density at radius 2 is 1.33 bits per heavy atom. The van der Waals surface area contributed by atoms with Gasteiger partial charge in [0.15, 0.2) is 0 Å². The van der Waals surface area contributed by atoms with Gasteiger partial charge < -0.3 is 4.90 Å². The van der Waals surface area contributed by atoms with Crippen LogP contribution in [0.3, 0.4) is 0 Å². The zero-order chi connectivity index (χ0) is 29.0. The standard InChI is InChI=1S/C33H30N4O5/c38-28-16-15-27(30(39)34-28)37-32(41)25-14-11-22(17-26(25)33(37)42)31(40)35-18-23-12-13-24(19-35)36(23)29(20-7-3-1-4-8-20)21-9-5-2-6-10-21/h1-11,14,17,23-24,27,29H,12-13,15-16,18-19H2,(H,34,38,39). The van der Waals surface area contributed by atoms with Crippen LogP contribution in [0.1, 0.15) is 73.9 Å². The molecule has 1 N–H and O–H groups in total. The lowest BCUT2D eigenvalue weighted by Gasteiger charge is -2.45. The summed E-state index contributed by atoms with van der Waals surface area (Å²) in [7, 11) is 0. The van der Waals surface area contributed by atoms with Crippen LogP contribution in [0.4, 0.5) is 0 Å². The van der Waals surface area contributed by atoms with Gasteiger partial charge in [-0.2, -0.15) is 0 Å². The van der Waals surface area contributed by atoms with Crippen LogP contribution in [0.2, 0.25) is 0 Å². The van der Waals surface area contributed by atoms with Crippen LogP contribution in [0.5, 0.6) is 0 Å². The van der Waals surface area contributed by atoms with Crippen molar-refractivity contribution >= 4 is 29.5 Å². The third-order valence-electron chi connectivity index (χ3n) is 9.04. The van der Waals surface area contributed by atoms with Crippen LogP contribution in [0.25, 0.3) is 0 Å². The molecule has 5 amide bonds. The Labute approximate surface area is 243 Å². The highest BCUT2D eigenvalue weighted by atomic mass is 16.2. The number of hydrogen-bond acceptors (Lipinski definition) is 6. The molecule has 0 aromatic heterocycles. The molecule has 3 aromatic rings. The number of hydrogen-bond donors (Lipinski definition) is 1. The molecule has 212 valence electrons. The minimum atomic E-state index is -1.04. The highest BCUT2D eigenvalue weighted by Crippen LogP contribution is 2.41. The molecule has 2 bridgehead atoms. The van der Waals surface area contributed by atoms with Gasteiger partial charge in [-0.05, 0) is 48.6 Å². The molecular formula is C33H30N4O5. The van der Waals surface area contributed by atoms with E-state index in [0.717, 1.165) is 17.7 Å². The molecule has 4 aliphatic heterocycles. The second-order valence-electron chi connectivity index (χ2n) is 11.5. The molecule has 9 nitrogen and oxygen atoms in total. The number of rotatable bonds is 5. The van der Waals surface area contributed by atoms with Gasteiger partial charge in [-0.1, -0.05) is 60.7 Å². The summed E-state index contributed by atoms with van der Waals surface area (Å²) in [5.74, 6) is -2.45. The van der Waals surface area contributed by atoms with Crippen molar-refractivity contribution in [3.8, 4) is 0 Å². The average Bonchev–Trinajstić information content (AvgIpc) is 3.40. The molecule has 0 saturated carbocycles. The molecule has 4 heterocycles. The molecule has 3 aromatic carbocycles. The third kappa shape index (κ3) is 4.32. The summed E-state index contributed by atoms with van der Waals surface area (Å²) in [5, 5.41) is 2.20. The molecular weight excluding hydrogens is 532 g/mol. The fourth-order valence-electron chi connectivity index (χ4n) is 7.12. The molecule has 7 rings (SSSR count). The lowest BCUT2D eigenvalue weighted by Crippen LogP contribution is -2.56. The summed E-state index contributed by atoms with van der Waals surface area (Å²) < 4.78 is 0. The van der Waals surface area contributed by atoms with Crippen LogP contribution in [0, 0.1) is 0 Å². The van der Waals surface area contributed by atoms with E-state index in [0.29, 0.717) is 18.7 Å². The SMILES string of the molecule is O=C1CCC(N2C(=O)c3ccc(C(=O)N4CC5CCC(C4)N5C(c4ccccc4)c4ccccc4)cc3C2=O)C(=O)N1. The van der Waals surface area contributed by atoms with Gasteiger partial charge in [0, 0.05) is 37.2 Å². The van der Waals surface area contributed by atoms with Crippen molar-refractivity contribution in [3.05, 3.63) is 107 Å². The minimum absolute atomic E-state index is 0.0528. The van der Waals surface area contributed by atoms with E-state index < -0.39 is 29.7 Å². The first-order valence-electron chi connectivity index (χ1n) is 14.4. The van der Waals surface area contributed by atoms with E-state index in [9.17, 15) is 24.0 Å². The topological polar surface area (TPSA) is 107 Å². The second-order valence-corrected chi connectivity index (χ2v) is 11.5. The predicted octanol–water partition coefficient (Wildman–Crippen LogP) is 3.17. The van der Waals surface area contributed by atoms with E-state index in [1.54, 1.807) is 6.07 Å². The number of likely N-dealkylation sites (tertiary alicyclic amines) is 1. The molecule has 9 heteroatoms. The van der Waals surface area contributed by atoms with E-state index >= 15 is 0 Å². The number of carbonyl (C=O) groups is 5. The number of nitrogens with zero attached hydrogens (tertiary/aromatic N) is 3. The Morgan fingerprint density at radius 3 is 1.93 bits per heavy atom. The number of carbonyl (C=O) groups excluding carboxylic acids is 5. The van der Waals surface area contributed by atoms with Crippen LogP contribution < -0.4 is 5.32 Å². The van der Waals surface area contributed by atoms with Crippen molar-refractivity contribution in [3.63, 3.8) is 0 Å². The Morgan fingerprint density at radius 1 is 0.738 bits per heavy atom. The molecule has 4 aliphatic rings. The van der Waals surface area contributed by atoms with Gasteiger partial charge in [-0.3, -0.25) is 39.1 Å². The van der Waals surface area contributed by atoms with Crippen molar-refractivity contribution in [1.82, 2.24) is 20.0 Å². The summed E-state index contributed by atoms with van der Waals surface area (Å²) in [6.07, 6.45) is 2.12. The molecule has 0 aliphatic carbocycles. The Bertz CT molecular complexity index is 1550. The Balaban J connectivity index is 1.12. The second kappa shape index (κ2) is 10.3. The van der Waals surface area contributed by atoms with Gasteiger partial charge in [0.1, 0.15) is 6.04 Å². The number of nitrogens with one attached hydrogen (secondary N) is 1. The third-order valence-corrected chi connectivity index (χ3v) is 9.04. The summed E-state index contributed by atoms with van der Waals surface area (Å²) >= 11 is 0. The maximum absolute atomic E-state index is 13.8. The van der Waals surface area contributed by atoms with Crippen molar-refractivity contribution < 1.29 is 24.0 Å². The summed E-state index contributed by atoms with van der Waals surface area (Å²) in [6, 6.07) is 24.9. The lowest BCUT2D eigenvalue weighted by molar-refractivity contribution is -0.136. The normalized spacial score (nSPS) is 23.9. The predicted molar refractivity (Wildman–Crippen MR) is 152 cm³/mol. The lowest BCUT2D eigenvalue weighted by atomic mass is 9.94. The number of benzene rings is 3. The number of piperazine rings is 1. The Hall–Kier alpha value is -4.63. The monoisotopic (exact) mass is 562 g/mol. The van der Waals surface area contributed by atoms with Gasteiger partial charge in [0.25, 0.3) is 17.7 Å². The first-order chi connectivity index (χ1) is 20.4. The molecule has 3 atom stereocenters. The molecule has 3 fully saturated rings. The summed E-state index contributed by atoms with van der Waals surface area (Å²) in [5.41, 5.74) is 3.08. The number of fused-ring (bicyclic) bond motifs is 3. The van der Waals surface area contributed by atoms with Gasteiger partial charge >= 0.3 is 0 Å². The van der Waals surface area contributed by atoms with Crippen LogP contribution in [-0.4, -0.2) is 75.5 Å². The van der Waals surface area contributed by atoms with Gasteiger partial charge in [0.05, 0.1) is 17.2 Å². The van der Waals surface area contributed by atoms with E-state index in [4.69, 9.17) is 0 Å². The number of imide groups is 2. The van der Waals surface area contributed by atoms with Crippen molar-refractivity contribution in [2.24, 2.45) is 0 Å². The van der Waals surface area contributed by atoms with E-state index in [-0.39, 0.29) is 48.0 Å². The molecule has 42 heavy (non-hydrogen) atoms. The highest BCUT2D eigenvalue weighted by Gasteiger charge is 2.47. The highest BCUT2D eigenvalue weighted by molar-refractivity contribution is 6.24. The molecule has 0 radical (unpaired) electrons. The zero-order valence-electron chi connectivity index (χ0n) is 22.9. The van der Waals surface area contributed by atoms with Crippen LogP contribution in [0.15, 0.2) is 78.9 Å². The summed E-state index contributed by atoms with van der Waals surface area (Å²) in [6.45, 7) is 1.13. The first kappa shape index (κ1) is 26.3. The molecule has 3 unspecified atom stereocenters. The fourth-order valence-corrected chi connectivity index (χ4v) is 7.12. The molecule has 0 spiro atoms. The van der Waals surface area contributed by atoms with Crippen LogP contribution in [-0.2, 0) is 9.59 Å². The van der Waals surface area contributed by atoms with Gasteiger partial charge in [0.2, 0.25) is 11.8 Å². The maximum Gasteiger partial charge on any atom is 0.262 e. The van der Waals surface area contributed by atoms with Crippen molar-refractivity contribution in [2.45, 2.75) is 49.9 Å². The van der Waals surface area contributed by atoms with E-state index in [1.165, 1.54) is 23.3 Å². The summed E-state index contributed by atoms with van der Waals surface area (Å²) in [4.78, 5) is 69.5. The molecule has 3 saturated heterocycles. The Kier molecular flexibility index (Phi) is 6.46. The number of piperidine rings is 1. The van der Waals surface area contributed by atoms with Gasteiger partial charge in [-0.25, -0.2) is 0 Å². The largest absolute Gasteiger partial charge is 0.336 e. The van der Waals surface area contributed by atoms with Crippen LogP contribution >= 0.6 is 0 Å². The van der Waals surface area contributed by atoms with Crippen molar-refractivity contribution in [2.75, 3.05) is 13.1 Å². The van der Waals surface area contributed by atoms with E-state index in [1.807, 2.05) is 17.0 Å².